The lowest BCUT2D eigenvalue weighted by atomic mass is 9.90. The van der Waals surface area contributed by atoms with E-state index in [1.165, 1.54) is 31.0 Å². The van der Waals surface area contributed by atoms with E-state index in [1.54, 1.807) is 18.2 Å². The van der Waals surface area contributed by atoms with Gasteiger partial charge in [-0.15, -0.1) is 0 Å². The Balaban J connectivity index is 0.000000552. The van der Waals surface area contributed by atoms with E-state index in [9.17, 15) is 5.11 Å². The number of aromatic amines is 1. The van der Waals surface area contributed by atoms with Gasteiger partial charge in [-0.3, -0.25) is 4.79 Å². The standard InChI is InChI=1S/C20H26N4O.C3H4O/c1-24-11-15(13-6-4-7-18(13)24)17-10-12(20(22)23-17)9-16(21)14-5-2-3-8-19(14)25;1-2-3-4/h2-3,5,8-10,13,15,18,23,25H,4,6-7,11,21-22H2,1H3;2-3H,1H2/b16-9-;. The van der Waals surface area contributed by atoms with Gasteiger partial charge in [-0.05, 0) is 56.2 Å². The van der Waals surface area contributed by atoms with E-state index in [0.717, 1.165) is 18.0 Å². The molecule has 0 radical (unpaired) electrons. The van der Waals surface area contributed by atoms with Gasteiger partial charge in [0.05, 0.1) is 0 Å². The lowest BCUT2D eigenvalue weighted by Crippen LogP contribution is -2.25. The number of allylic oxidation sites excluding steroid dienone is 1. The second-order valence-electron chi connectivity index (χ2n) is 7.79. The van der Waals surface area contributed by atoms with Crippen LogP contribution in [0.15, 0.2) is 43.0 Å². The lowest BCUT2D eigenvalue weighted by molar-refractivity contribution is -0.104. The first-order valence-electron chi connectivity index (χ1n) is 9.96. The van der Waals surface area contributed by atoms with Crippen LogP contribution in [0.5, 0.6) is 5.75 Å². The summed E-state index contributed by atoms with van der Waals surface area (Å²) in [5.41, 5.74) is 15.6. The largest absolute Gasteiger partial charge is 0.507 e. The fourth-order valence-electron chi connectivity index (χ4n) is 4.69. The number of para-hydroxylation sites is 1. The highest BCUT2D eigenvalue weighted by Gasteiger charge is 2.43. The van der Waals surface area contributed by atoms with Crippen LogP contribution in [0.4, 0.5) is 5.82 Å². The summed E-state index contributed by atoms with van der Waals surface area (Å²) in [4.78, 5) is 14.9. The number of carbonyl (C=O) groups excluding carboxylic acids is 1. The number of aromatic nitrogens is 1. The maximum Gasteiger partial charge on any atom is 0.142 e. The SMILES string of the molecule is C=CC=O.CN1CC(c2cc(/C=C(\N)c3ccccc3O)c(N)[nH]2)C2CCCC21. The molecule has 1 aliphatic carbocycles. The van der Waals surface area contributed by atoms with Crippen LogP contribution < -0.4 is 11.5 Å². The smallest absolute Gasteiger partial charge is 0.142 e. The first-order valence-corrected chi connectivity index (χ1v) is 9.96. The molecule has 6 heteroatoms. The molecule has 154 valence electrons. The van der Waals surface area contributed by atoms with Gasteiger partial charge in [-0.1, -0.05) is 25.1 Å². The zero-order valence-electron chi connectivity index (χ0n) is 16.8. The predicted octanol–water partition coefficient (Wildman–Crippen LogP) is 3.33. The zero-order valence-corrected chi connectivity index (χ0v) is 16.8. The number of H-pyrrole nitrogens is 1. The Hall–Kier alpha value is -2.99. The van der Waals surface area contributed by atoms with Crippen molar-refractivity contribution in [3.05, 3.63) is 59.8 Å². The van der Waals surface area contributed by atoms with Crippen LogP contribution >= 0.6 is 0 Å². The minimum absolute atomic E-state index is 0.178. The lowest BCUT2D eigenvalue weighted by Gasteiger charge is -2.17. The molecule has 3 atom stereocenters. The number of likely N-dealkylation sites (N-methyl/N-ethyl adjacent to an activating group) is 1. The molecule has 2 fully saturated rings. The Kier molecular flexibility index (Phi) is 6.44. The number of rotatable bonds is 4. The highest BCUT2D eigenvalue weighted by molar-refractivity contribution is 5.84. The van der Waals surface area contributed by atoms with Crippen LogP contribution in [0.2, 0.25) is 0 Å². The molecule has 0 spiro atoms. The molecule has 1 saturated heterocycles. The van der Waals surface area contributed by atoms with Gasteiger partial charge in [-0.2, -0.15) is 0 Å². The molecule has 1 saturated carbocycles. The van der Waals surface area contributed by atoms with Gasteiger partial charge in [0, 0.05) is 41.0 Å². The first kappa shape index (κ1) is 20.7. The minimum atomic E-state index is 0.178. The molecule has 29 heavy (non-hydrogen) atoms. The number of benzene rings is 1. The van der Waals surface area contributed by atoms with E-state index in [1.807, 2.05) is 12.1 Å². The van der Waals surface area contributed by atoms with Gasteiger partial charge in [0.25, 0.3) is 0 Å². The van der Waals surface area contributed by atoms with Crippen LogP contribution in [-0.4, -0.2) is 40.9 Å². The number of phenolic OH excluding ortho intramolecular Hbond substituents is 1. The average Bonchev–Trinajstić information content (AvgIpc) is 3.40. The summed E-state index contributed by atoms with van der Waals surface area (Å²) in [7, 11) is 2.23. The molecule has 1 aromatic carbocycles. The first-order chi connectivity index (χ1) is 14.0. The number of nitrogen functional groups attached to an aromatic ring is 1. The molecule has 2 aromatic rings. The van der Waals surface area contributed by atoms with Crippen molar-refractivity contribution in [1.82, 2.24) is 9.88 Å². The Morgan fingerprint density at radius 2 is 2.07 bits per heavy atom. The quantitative estimate of drug-likeness (QED) is 0.470. The van der Waals surface area contributed by atoms with Crippen LogP contribution in [0, 0.1) is 5.92 Å². The molecule has 1 aromatic heterocycles. The van der Waals surface area contributed by atoms with Gasteiger partial charge in [0.2, 0.25) is 0 Å². The summed E-state index contributed by atoms with van der Waals surface area (Å²) >= 11 is 0. The maximum atomic E-state index is 9.97. The highest BCUT2D eigenvalue weighted by Crippen LogP contribution is 2.45. The Bertz CT molecular complexity index is 896. The Morgan fingerprint density at radius 1 is 1.34 bits per heavy atom. The third kappa shape index (κ3) is 4.38. The number of aldehydes is 1. The van der Waals surface area contributed by atoms with E-state index in [2.05, 4.69) is 29.6 Å². The molecular weight excluding hydrogens is 364 g/mol. The van der Waals surface area contributed by atoms with Gasteiger partial charge in [-0.25, -0.2) is 0 Å². The van der Waals surface area contributed by atoms with E-state index in [0.29, 0.717) is 35.3 Å². The number of hydrogen-bond acceptors (Lipinski definition) is 5. The Labute approximate surface area is 171 Å². The molecular formula is C23H30N4O2. The van der Waals surface area contributed by atoms with Gasteiger partial charge in [0.1, 0.15) is 17.9 Å². The number of nitrogens with one attached hydrogen (secondary N) is 1. The van der Waals surface area contributed by atoms with Crippen LogP contribution in [0.25, 0.3) is 11.8 Å². The molecule has 1 aliphatic heterocycles. The normalized spacial score (nSPS) is 23.9. The number of likely N-dealkylation sites (tertiary alicyclic amines) is 1. The number of anilines is 1. The number of phenols is 1. The van der Waals surface area contributed by atoms with E-state index in [4.69, 9.17) is 16.3 Å². The topological polar surface area (TPSA) is 108 Å². The van der Waals surface area contributed by atoms with E-state index >= 15 is 0 Å². The molecule has 0 bridgehead atoms. The number of nitrogens with two attached hydrogens (primary N) is 2. The number of aromatic hydroxyl groups is 1. The highest BCUT2D eigenvalue weighted by atomic mass is 16.3. The van der Waals surface area contributed by atoms with Gasteiger partial charge < -0.3 is 26.5 Å². The minimum Gasteiger partial charge on any atom is -0.507 e. The fourth-order valence-corrected chi connectivity index (χ4v) is 4.69. The molecule has 6 nitrogen and oxygen atoms in total. The third-order valence-electron chi connectivity index (χ3n) is 6.02. The summed E-state index contributed by atoms with van der Waals surface area (Å²) < 4.78 is 0. The average molecular weight is 395 g/mol. The van der Waals surface area contributed by atoms with E-state index in [-0.39, 0.29) is 5.75 Å². The second-order valence-corrected chi connectivity index (χ2v) is 7.79. The van der Waals surface area contributed by atoms with E-state index < -0.39 is 0 Å². The molecule has 6 N–H and O–H groups in total. The predicted molar refractivity (Wildman–Crippen MR) is 118 cm³/mol. The van der Waals surface area contributed by atoms with Crippen molar-refractivity contribution >= 4 is 23.9 Å². The van der Waals surface area contributed by atoms with Gasteiger partial charge in [0.15, 0.2) is 0 Å². The molecule has 2 heterocycles. The van der Waals surface area contributed by atoms with Crippen molar-refractivity contribution in [2.45, 2.75) is 31.2 Å². The number of fused-ring (bicyclic) bond motifs is 1. The maximum absolute atomic E-state index is 9.97. The summed E-state index contributed by atoms with van der Waals surface area (Å²) in [5.74, 6) is 2.04. The van der Waals surface area contributed by atoms with Crippen LogP contribution in [0.1, 0.15) is 42.0 Å². The van der Waals surface area contributed by atoms with Crippen molar-refractivity contribution < 1.29 is 9.90 Å². The van der Waals surface area contributed by atoms with Crippen LogP contribution in [0.3, 0.4) is 0 Å². The summed E-state index contributed by atoms with van der Waals surface area (Å²) in [6.07, 6.45) is 7.60. The fraction of sp³-hybridized carbons (Fsp3) is 0.348. The molecule has 4 rings (SSSR count). The zero-order chi connectivity index (χ0) is 21.0. The summed E-state index contributed by atoms with van der Waals surface area (Å²) in [6.45, 7) is 4.19. The van der Waals surface area contributed by atoms with Gasteiger partial charge >= 0.3 is 0 Å². The second kappa shape index (κ2) is 9.01. The van der Waals surface area contributed by atoms with Crippen LogP contribution in [-0.2, 0) is 4.79 Å². The molecule has 3 unspecified atom stereocenters. The van der Waals surface area contributed by atoms with Crippen molar-refractivity contribution in [3.63, 3.8) is 0 Å². The number of nitrogens with zero attached hydrogens (tertiary/aromatic N) is 1. The summed E-state index contributed by atoms with van der Waals surface area (Å²) in [6, 6.07) is 9.91. The monoisotopic (exact) mass is 394 g/mol. The van der Waals surface area contributed by atoms with Crippen molar-refractivity contribution in [1.29, 1.82) is 0 Å². The number of carbonyl (C=O) groups is 1. The molecule has 0 amide bonds. The third-order valence-corrected chi connectivity index (χ3v) is 6.02. The molecule has 2 aliphatic rings. The van der Waals surface area contributed by atoms with Crippen molar-refractivity contribution in [3.8, 4) is 5.75 Å². The van der Waals surface area contributed by atoms with Crippen molar-refractivity contribution in [2.24, 2.45) is 11.7 Å². The Morgan fingerprint density at radius 3 is 2.76 bits per heavy atom. The van der Waals surface area contributed by atoms with Crippen molar-refractivity contribution in [2.75, 3.05) is 19.3 Å². The summed E-state index contributed by atoms with van der Waals surface area (Å²) in [5, 5.41) is 9.97. The number of hydrogen-bond donors (Lipinski definition) is 4.